The van der Waals surface area contributed by atoms with Crippen molar-refractivity contribution >= 4 is 23.6 Å². The first-order valence-corrected chi connectivity index (χ1v) is 6.65. The normalized spacial score (nSPS) is 11.2. The van der Waals surface area contributed by atoms with Crippen LogP contribution < -0.4 is 0 Å². The Kier molecular flexibility index (Phi) is 4.97. The SMILES string of the molecule is COC(=O)/C(=C/c1ccccc1)Cc1cccc(Cl)c1. The van der Waals surface area contributed by atoms with Crippen molar-refractivity contribution in [1.29, 1.82) is 0 Å². The summed E-state index contributed by atoms with van der Waals surface area (Å²) in [5.74, 6) is -0.325. The molecule has 0 aromatic heterocycles. The molecule has 3 heteroatoms. The van der Waals surface area contributed by atoms with E-state index in [0.717, 1.165) is 11.1 Å². The first-order chi connectivity index (χ1) is 9.69. The van der Waals surface area contributed by atoms with Crippen LogP contribution in [0, 0.1) is 0 Å². The van der Waals surface area contributed by atoms with Crippen LogP contribution in [0.2, 0.25) is 5.02 Å². The third-order valence-electron chi connectivity index (χ3n) is 2.87. The van der Waals surface area contributed by atoms with Crippen LogP contribution in [-0.4, -0.2) is 13.1 Å². The van der Waals surface area contributed by atoms with Gasteiger partial charge in [0.25, 0.3) is 0 Å². The third-order valence-corrected chi connectivity index (χ3v) is 3.11. The molecule has 2 nitrogen and oxygen atoms in total. The number of hydrogen-bond donors (Lipinski definition) is 0. The molecule has 0 N–H and O–H groups in total. The molecular weight excluding hydrogens is 272 g/mol. The Morgan fingerprint density at radius 2 is 1.90 bits per heavy atom. The molecule has 0 heterocycles. The molecule has 2 aromatic rings. The van der Waals surface area contributed by atoms with E-state index in [4.69, 9.17) is 16.3 Å². The average Bonchev–Trinajstić information content (AvgIpc) is 2.47. The molecule has 0 saturated carbocycles. The Balaban J connectivity index is 2.29. The highest BCUT2D eigenvalue weighted by atomic mass is 35.5. The maximum atomic E-state index is 11.9. The Labute approximate surface area is 123 Å². The maximum Gasteiger partial charge on any atom is 0.334 e. The van der Waals surface area contributed by atoms with Gasteiger partial charge < -0.3 is 4.74 Å². The number of hydrogen-bond acceptors (Lipinski definition) is 2. The highest BCUT2D eigenvalue weighted by Gasteiger charge is 2.11. The fourth-order valence-corrected chi connectivity index (χ4v) is 2.14. The summed E-state index contributed by atoms with van der Waals surface area (Å²) < 4.78 is 4.85. The summed E-state index contributed by atoms with van der Waals surface area (Å²) in [5.41, 5.74) is 2.54. The van der Waals surface area contributed by atoms with Gasteiger partial charge in [0.05, 0.1) is 7.11 Å². The van der Waals surface area contributed by atoms with Crippen molar-refractivity contribution in [3.05, 3.63) is 76.3 Å². The van der Waals surface area contributed by atoms with Crippen molar-refractivity contribution in [2.45, 2.75) is 6.42 Å². The zero-order chi connectivity index (χ0) is 14.4. The fraction of sp³-hybridized carbons (Fsp3) is 0.118. The molecule has 20 heavy (non-hydrogen) atoms. The summed E-state index contributed by atoms with van der Waals surface area (Å²) in [6, 6.07) is 17.2. The Morgan fingerprint density at radius 1 is 1.15 bits per heavy atom. The van der Waals surface area contributed by atoms with Gasteiger partial charge in [-0.3, -0.25) is 0 Å². The zero-order valence-electron chi connectivity index (χ0n) is 11.2. The van der Waals surface area contributed by atoms with Gasteiger partial charge in [-0.15, -0.1) is 0 Å². The molecule has 0 fully saturated rings. The van der Waals surface area contributed by atoms with E-state index >= 15 is 0 Å². The van der Waals surface area contributed by atoms with Crippen molar-refractivity contribution in [2.24, 2.45) is 0 Å². The van der Waals surface area contributed by atoms with Gasteiger partial charge in [0.2, 0.25) is 0 Å². The molecule has 0 unspecified atom stereocenters. The van der Waals surface area contributed by atoms with Gasteiger partial charge in [-0.25, -0.2) is 4.79 Å². The molecule has 0 aliphatic rings. The molecule has 2 rings (SSSR count). The van der Waals surface area contributed by atoms with Crippen molar-refractivity contribution in [3.63, 3.8) is 0 Å². The van der Waals surface area contributed by atoms with Gasteiger partial charge in [0.15, 0.2) is 0 Å². The third kappa shape index (κ3) is 3.97. The monoisotopic (exact) mass is 286 g/mol. The molecule has 102 valence electrons. The molecule has 0 spiro atoms. The maximum absolute atomic E-state index is 11.9. The van der Waals surface area contributed by atoms with E-state index in [2.05, 4.69) is 0 Å². The second-order valence-electron chi connectivity index (χ2n) is 4.38. The molecular formula is C17H15ClO2. The van der Waals surface area contributed by atoms with Crippen LogP contribution in [0.1, 0.15) is 11.1 Å². The Hall–Kier alpha value is -2.06. The van der Waals surface area contributed by atoms with Crippen LogP contribution >= 0.6 is 11.6 Å². The van der Waals surface area contributed by atoms with E-state index in [1.54, 1.807) is 0 Å². The second-order valence-corrected chi connectivity index (χ2v) is 4.81. The molecule has 0 saturated heterocycles. The number of ether oxygens (including phenoxy) is 1. The van der Waals surface area contributed by atoms with Gasteiger partial charge in [-0.2, -0.15) is 0 Å². The lowest BCUT2D eigenvalue weighted by atomic mass is 10.0. The van der Waals surface area contributed by atoms with Crippen molar-refractivity contribution in [2.75, 3.05) is 7.11 Å². The summed E-state index contributed by atoms with van der Waals surface area (Å²) >= 11 is 5.97. The van der Waals surface area contributed by atoms with E-state index < -0.39 is 0 Å². The van der Waals surface area contributed by atoms with Crippen molar-refractivity contribution in [1.82, 2.24) is 0 Å². The van der Waals surface area contributed by atoms with Crippen LogP contribution in [0.5, 0.6) is 0 Å². The van der Waals surface area contributed by atoms with Crippen LogP contribution in [0.3, 0.4) is 0 Å². The van der Waals surface area contributed by atoms with Crippen molar-refractivity contribution < 1.29 is 9.53 Å². The van der Waals surface area contributed by atoms with Gasteiger partial charge in [0, 0.05) is 17.0 Å². The number of benzene rings is 2. The minimum absolute atomic E-state index is 0.325. The molecule has 2 aromatic carbocycles. The lowest BCUT2D eigenvalue weighted by Crippen LogP contribution is -2.07. The minimum atomic E-state index is -0.325. The van der Waals surface area contributed by atoms with E-state index in [-0.39, 0.29) is 5.97 Å². The van der Waals surface area contributed by atoms with Gasteiger partial charge in [-0.05, 0) is 29.3 Å². The predicted octanol–water partition coefficient (Wildman–Crippen LogP) is 4.14. The number of methoxy groups -OCH3 is 1. The van der Waals surface area contributed by atoms with Crippen LogP contribution in [0.25, 0.3) is 6.08 Å². The van der Waals surface area contributed by atoms with Crippen LogP contribution in [-0.2, 0) is 16.0 Å². The summed E-state index contributed by atoms with van der Waals surface area (Å²) in [6.45, 7) is 0. The van der Waals surface area contributed by atoms with E-state index in [1.165, 1.54) is 7.11 Å². The van der Waals surface area contributed by atoms with Crippen LogP contribution in [0.4, 0.5) is 0 Å². The van der Waals surface area contributed by atoms with Gasteiger partial charge in [0.1, 0.15) is 0 Å². The standard InChI is InChI=1S/C17H15ClO2/c1-20-17(19)15(10-13-6-3-2-4-7-13)11-14-8-5-9-16(18)12-14/h2-10,12H,11H2,1H3/b15-10+. The Morgan fingerprint density at radius 3 is 2.55 bits per heavy atom. The smallest absolute Gasteiger partial charge is 0.334 e. The second kappa shape index (κ2) is 6.92. The molecule has 0 radical (unpaired) electrons. The zero-order valence-corrected chi connectivity index (χ0v) is 11.9. The number of carbonyl (C=O) groups is 1. The van der Waals surface area contributed by atoms with E-state index in [0.29, 0.717) is 17.0 Å². The predicted molar refractivity (Wildman–Crippen MR) is 81.6 cm³/mol. The highest BCUT2D eigenvalue weighted by Crippen LogP contribution is 2.17. The molecule has 0 aliphatic carbocycles. The minimum Gasteiger partial charge on any atom is -0.466 e. The fourth-order valence-electron chi connectivity index (χ4n) is 1.93. The number of halogens is 1. The van der Waals surface area contributed by atoms with E-state index in [1.807, 2.05) is 60.7 Å². The molecule has 0 amide bonds. The first-order valence-electron chi connectivity index (χ1n) is 6.27. The van der Waals surface area contributed by atoms with Crippen LogP contribution in [0.15, 0.2) is 60.2 Å². The topological polar surface area (TPSA) is 26.3 Å². The molecule has 0 aliphatic heterocycles. The summed E-state index contributed by atoms with van der Waals surface area (Å²) in [5, 5.41) is 0.659. The number of rotatable bonds is 4. The summed E-state index contributed by atoms with van der Waals surface area (Å²) in [6.07, 6.45) is 2.33. The molecule has 0 bridgehead atoms. The Bertz CT molecular complexity index is 618. The quantitative estimate of drug-likeness (QED) is 0.624. The first kappa shape index (κ1) is 14.4. The number of esters is 1. The lowest BCUT2D eigenvalue weighted by molar-refractivity contribution is -0.136. The summed E-state index contributed by atoms with van der Waals surface area (Å²) in [7, 11) is 1.39. The largest absolute Gasteiger partial charge is 0.466 e. The van der Waals surface area contributed by atoms with Gasteiger partial charge >= 0.3 is 5.97 Å². The van der Waals surface area contributed by atoms with E-state index in [9.17, 15) is 4.79 Å². The number of carbonyl (C=O) groups excluding carboxylic acids is 1. The summed E-state index contributed by atoms with van der Waals surface area (Å²) in [4.78, 5) is 11.9. The molecule has 0 atom stereocenters. The van der Waals surface area contributed by atoms with Gasteiger partial charge in [-0.1, -0.05) is 54.1 Å². The average molecular weight is 287 g/mol. The lowest BCUT2D eigenvalue weighted by Gasteiger charge is -2.06. The highest BCUT2D eigenvalue weighted by molar-refractivity contribution is 6.30. The van der Waals surface area contributed by atoms with Crippen molar-refractivity contribution in [3.8, 4) is 0 Å².